The molecule has 0 unspecified atom stereocenters. The number of imidazole rings is 1. The molecule has 1 aliphatic carbocycles. The average molecular weight is 418 g/mol. The first-order valence-electron chi connectivity index (χ1n) is 10.2. The first-order valence-corrected chi connectivity index (χ1v) is 10.2. The van der Waals surface area contributed by atoms with Crippen LogP contribution in [0.15, 0.2) is 55.2 Å². The fourth-order valence-electron chi connectivity index (χ4n) is 4.00. The summed E-state index contributed by atoms with van der Waals surface area (Å²) in [6.45, 7) is 0. The number of rotatable bonds is 4. The van der Waals surface area contributed by atoms with Crippen molar-refractivity contribution in [2.75, 3.05) is 5.32 Å². The van der Waals surface area contributed by atoms with E-state index in [1.54, 1.807) is 23.0 Å². The number of fused-ring (bicyclic) bond motifs is 1. The average Bonchev–Trinajstić information content (AvgIpc) is 3.20. The highest BCUT2D eigenvalue weighted by atomic mass is 19.1. The highest BCUT2D eigenvalue weighted by Gasteiger charge is 2.35. The van der Waals surface area contributed by atoms with Crippen molar-refractivity contribution in [3.8, 4) is 11.4 Å². The van der Waals surface area contributed by atoms with Gasteiger partial charge in [0.15, 0.2) is 5.82 Å². The van der Waals surface area contributed by atoms with Gasteiger partial charge in [-0.25, -0.2) is 19.3 Å². The number of pyridine rings is 2. The minimum absolute atomic E-state index is 0.140. The molecule has 4 heterocycles. The SMILES string of the molecule is NC1CCC(N)(c2ncc(F)c(-c3cnc4ccc(Nc5cccnc5)cn34)n2)CC1. The number of nitrogens with two attached hydrogens (primary N) is 2. The third-order valence-corrected chi connectivity index (χ3v) is 5.81. The zero-order valence-electron chi connectivity index (χ0n) is 16.9. The normalized spacial score (nSPS) is 21.3. The lowest BCUT2D eigenvalue weighted by Crippen LogP contribution is -2.45. The van der Waals surface area contributed by atoms with Crippen LogP contribution in [0.1, 0.15) is 31.5 Å². The summed E-state index contributed by atoms with van der Waals surface area (Å²) in [5.41, 5.74) is 15.0. The van der Waals surface area contributed by atoms with Crippen molar-refractivity contribution in [1.29, 1.82) is 0 Å². The summed E-state index contributed by atoms with van der Waals surface area (Å²) in [4.78, 5) is 17.3. The molecule has 0 radical (unpaired) electrons. The Balaban J connectivity index is 1.54. The molecule has 1 saturated carbocycles. The van der Waals surface area contributed by atoms with E-state index < -0.39 is 11.4 Å². The van der Waals surface area contributed by atoms with Gasteiger partial charge in [0.1, 0.15) is 17.2 Å². The second kappa shape index (κ2) is 7.68. The second-order valence-corrected chi connectivity index (χ2v) is 8.04. The second-order valence-electron chi connectivity index (χ2n) is 8.04. The Hall–Kier alpha value is -3.43. The van der Waals surface area contributed by atoms with Crippen LogP contribution in [-0.4, -0.2) is 30.4 Å². The third-order valence-electron chi connectivity index (χ3n) is 5.81. The van der Waals surface area contributed by atoms with E-state index in [1.165, 1.54) is 6.20 Å². The van der Waals surface area contributed by atoms with Crippen molar-refractivity contribution in [3.63, 3.8) is 0 Å². The molecule has 0 amide bonds. The van der Waals surface area contributed by atoms with Crippen LogP contribution in [0.5, 0.6) is 0 Å². The Labute approximate surface area is 178 Å². The van der Waals surface area contributed by atoms with Gasteiger partial charge < -0.3 is 16.8 Å². The molecule has 4 aromatic rings. The van der Waals surface area contributed by atoms with Gasteiger partial charge >= 0.3 is 0 Å². The van der Waals surface area contributed by atoms with Gasteiger partial charge in [-0.1, -0.05) is 0 Å². The van der Waals surface area contributed by atoms with E-state index in [9.17, 15) is 4.39 Å². The van der Waals surface area contributed by atoms with Gasteiger partial charge in [-0.2, -0.15) is 0 Å². The molecule has 9 heteroatoms. The monoisotopic (exact) mass is 418 g/mol. The maximum Gasteiger partial charge on any atom is 0.169 e. The van der Waals surface area contributed by atoms with Gasteiger partial charge in [0.05, 0.1) is 41.2 Å². The van der Waals surface area contributed by atoms with E-state index in [1.807, 2.05) is 30.5 Å². The van der Waals surface area contributed by atoms with Gasteiger partial charge in [-0.3, -0.25) is 9.38 Å². The quantitative estimate of drug-likeness (QED) is 0.466. The molecule has 0 aliphatic heterocycles. The predicted molar refractivity (Wildman–Crippen MR) is 116 cm³/mol. The molecule has 8 nitrogen and oxygen atoms in total. The number of aromatic nitrogens is 5. The fraction of sp³-hybridized carbons (Fsp3) is 0.273. The van der Waals surface area contributed by atoms with Crippen molar-refractivity contribution in [3.05, 3.63) is 66.9 Å². The van der Waals surface area contributed by atoms with Crippen molar-refractivity contribution in [1.82, 2.24) is 24.3 Å². The molecule has 0 saturated heterocycles. The minimum Gasteiger partial charge on any atom is -0.353 e. The van der Waals surface area contributed by atoms with Crippen LogP contribution in [-0.2, 0) is 5.54 Å². The molecular weight excluding hydrogens is 395 g/mol. The van der Waals surface area contributed by atoms with Gasteiger partial charge in [-0.05, 0) is 49.9 Å². The molecule has 31 heavy (non-hydrogen) atoms. The molecule has 0 bridgehead atoms. The van der Waals surface area contributed by atoms with Crippen LogP contribution in [0, 0.1) is 5.82 Å². The number of nitrogens with zero attached hydrogens (tertiary/aromatic N) is 5. The summed E-state index contributed by atoms with van der Waals surface area (Å²) in [5, 5.41) is 3.28. The first kappa shape index (κ1) is 19.5. The lowest BCUT2D eigenvalue weighted by molar-refractivity contribution is 0.264. The Morgan fingerprint density at radius 1 is 1.06 bits per heavy atom. The van der Waals surface area contributed by atoms with Gasteiger partial charge in [0.25, 0.3) is 0 Å². The van der Waals surface area contributed by atoms with Crippen molar-refractivity contribution >= 4 is 17.0 Å². The number of halogens is 1. The maximum absolute atomic E-state index is 14.8. The lowest BCUT2D eigenvalue weighted by atomic mass is 9.80. The van der Waals surface area contributed by atoms with Gasteiger partial charge in [0, 0.05) is 18.4 Å². The van der Waals surface area contributed by atoms with E-state index in [4.69, 9.17) is 11.5 Å². The lowest BCUT2D eigenvalue weighted by Gasteiger charge is -2.34. The topological polar surface area (TPSA) is 120 Å². The standard InChI is InChI=1S/C22H23FN8/c23-17-11-28-21(22(25)7-5-14(24)6-8-22)30-20(17)18-12-27-19-4-3-16(13-31(18)19)29-15-2-1-9-26-10-15/h1-4,9-14,29H,5-8,24-25H2. The van der Waals surface area contributed by atoms with Crippen molar-refractivity contribution in [2.24, 2.45) is 11.5 Å². The van der Waals surface area contributed by atoms with E-state index in [-0.39, 0.29) is 11.7 Å². The molecule has 4 aromatic heterocycles. The summed E-state index contributed by atoms with van der Waals surface area (Å²) in [7, 11) is 0. The van der Waals surface area contributed by atoms with Crippen LogP contribution in [0.3, 0.4) is 0 Å². The Morgan fingerprint density at radius 2 is 1.90 bits per heavy atom. The molecule has 5 N–H and O–H groups in total. The molecule has 1 aliphatic rings. The molecule has 0 atom stereocenters. The molecule has 0 spiro atoms. The van der Waals surface area contributed by atoms with Crippen LogP contribution < -0.4 is 16.8 Å². The smallest absolute Gasteiger partial charge is 0.169 e. The van der Waals surface area contributed by atoms with Crippen LogP contribution in [0.25, 0.3) is 17.0 Å². The van der Waals surface area contributed by atoms with E-state index >= 15 is 0 Å². The minimum atomic E-state index is -0.703. The maximum atomic E-state index is 14.8. The highest BCUT2D eigenvalue weighted by molar-refractivity contribution is 5.65. The third kappa shape index (κ3) is 3.73. The molecule has 0 aromatic carbocycles. The summed E-state index contributed by atoms with van der Waals surface area (Å²) in [6, 6.07) is 7.67. The number of hydrogen-bond donors (Lipinski definition) is 3. The molecule has 158 valence electrons. The zero-order valence-corrected chi connectivity index (χ0v) is 16.9. The first-order chi connectivity index (χ1) is 15.0. The Morgan fingerprint density at radius 3 is 2.68 bits per heavy atom. The van der Waals surface area contributed by atoms with Crippen LogP contribution >= 0.6 is 0 Å². The van der Waals surface area contributed by atoms with Crippen molar-refractivity contribution < 1.29 is 4.39 Å². The van der Waals surface area contributed by atoms with E-state index in [0.29, 0.717) is 30.0 Å². The summed E-state index contributed by atoms with van der Waals surface area (Å²) in [6.07, 6.45) is 11.0. The summed E-state index contributed by atoms with van der Waals surface area (Å²) < 4.78 is 16.6. The van der Waals surface area contributed by atoms with Crippen molar-refractivity contribution in [2.45, 2.75) is 37.3 Å². The summed E-state index contributed by atoms with van der Waals surface area (Å²) >= 11 is 0. The van der Waals surface area contributed by atoms with E-state index in [2.05, 4.69) is 25.3 Å². The number of nitrogens with one attached hydrogen (secondary N) is 1. The molecular formula is C22H23FN8. The fourth-order valence-corrected chi connectivity index (χ4v) is 4.00. The molecule has 5 rings (SSSR count). The highest BCUT2D eigenvalue weighted by Crippen LogP contribution is 2.34. The Bertz CT molecular complexity index is 1210. The molecule has 1 fully saturated rings. The van der Waals surface area contributed by atoms with E-state index in [0.717, 1.165) is 24.2 Å². The predicted octanol–water partition coefficient (Wildman–Crippen LogP) is 3.12. The summed E-state index contributed by atoms with van der Waals surface area (Å²) in [5.74, 6) is -0.0809. The van der Waals surface area contributed by atoms with Crippen LogP contribution in [0.4, 0.5) is 15.8 Å². The van der Waals surface area contributed by atoms with Crippen LogP contribution in [0.2, 0.25) is 0 Å². The largest absolute Gasteiger partial charge is 0.353 e. The van der Waals surface area contributed by atoms with Gasteiger partial charge in [-0.15, -0.1) is 0 Å². The zero-order chi connectivity index (χ0) is 21.4. The van der Waals surface area contributed by atoms with Gasteiger partial charge in [0.2, 0.25) is 0 Å². The number of hydrogen-bond acceptors (Lipinski definition) is 7. The number of anilines is 2. The Kier molecular flexibility index (Phi) is 4.84.